The van der Waals surface area contributed by atoms with Gasteiger partial charge in [-0.25, -0.2) is 4.98 Å². The summed E-state index contributed by atoms with van der Waals surface area (Å²) in [5.41, 5.74) is 7.60. The number of anilines is 1. The largest absolute Gasteiger partial charge is 0.482 e. The molecule has 2 amide bonds. The predicted molar refractivity (Wildman–Crippen MR) is 83.9 cm³/mol. The molecule has 1 aliphatic heterocycles. The molecule has 0 bridgehead atoms. The van der Waals surface area contributed by atoms with Gasteiger partial charge in [0.05, 0.1) is 16.4 Å². The molecule has 0 saturated carbocycles. The van der Waals surface area contributed by atoms with Crippen LogP contribution in [0.15, 0.2) is 23.6 Å². The van der Waals surface area contributed by atoms with E-state index in [0.717, 1.165) is 16.3 Å². The molecule has 22 heavy (non-hydrogen) atoms. The Kier molecular flexibility index (Phi) is 3.81. The summed E-state index contributed by atoms with van der Waals surface area (Å²) < 4.78 is 5.44. The van der Waals surface area contributed by atoms with Gasteiger partial charge in [0.1, 0.15) is 5.75 Å². The van der Waals surface area contributed by atoms with Crippen molar-refractivity contribution in [3.05, 3.63) is 28.6 Å². The maximum atomic E-state index is 12.1. The molecule has 0 saturated heterocycles. The van der Waals surface area contributed by atoms with Gasteiger partial charge in [0, 0.05) is 23.9 Å². The van der Waals surface area contributed by atoms with Crippen LogP contribution in [0.25, 0.3) is 11.3 Å². The van der Waals surface area contributed by atoms with E-state index < -0.39 is 5.91 Å². The second-order valence-corrected chi connectivity index (χ2v) is 6.05. The van der Waals surface area contributed by atoms with Crippen LogP contribution < -0.4 is 15.4 Å². The Bertz CT molecular complexity index is 741. The number of benzene rings is 1. The number of ether oxygens (including phenoxy) is 1. The summed E-state index contributed by atoms with van der Waals surface area (Å²) in [5.74, 6) is 0.00672. The summed E-state index contributed by atoms with van der Waals surface area (Å²) in [6, 6.07) is 5.60. The molecule has 0 aliphatic carbocycles. The van der Waals surface area contributed by atoms with Gasteiger partial charge in [-0.1, -0.05) is 0 Å². The van der Waals surface area contributed by atoms with Crippen molar-refractivity contribution in [1.82, 2.24) is 4.98 Å². The molecular weight excluding hydrogens is 302 g/mol. The fourth-order valence-electron chi connectivity index (χ4n) is 2.32. The minimum Gasteiger partial charge on any atom is -0.482 e. The van der Waals surface area contributed by atoms with Crippen molar-refractivity contribution in [2.24, 2.45) is 5.73 Å². The van der Waals surface area contributed by atoms with Gasteiger partial charge >= 0.3 is 0 Å². The van der Waals surface area contributed by atoms with Crippen LogP contribution in [0, 0.1) is 6.92 Å². The molecule has 0 spiro atoms. The molecule has 7 heteroatoms. The Morgan fingerprint density at radius 2 is 2.32 bits per heavy atom. The molecule has 0 fully saturated rings. The summed E-state index contributed by atoms with van der Waals surface area (Å²) in [6.45, 7) is 2.17. The number of hydrogen-bond acceptors (Lipinski definition) is 5. The Labute approximate surface area is 131 Å². The van der Waals surface area contributed by atoms with Crippen molar-refractivity contribution in [3.8, 4) is 17.0 Å². The minimum atomic E-state index is -0.438. The number of nitrogens with zero attached hydrogens (tertiary/aromatic N) is 2. The molecular formula is C15H15N3O3S. The predicted octanol–water partition coefficient (Wildman–Crippen LogP) is 1.72. The fourth-order valence-corrected chi connectivity index (χ4v) is 2.95. The molecule has 1 aromatic carbocycles. The monoisotopic (exact) mass is 317 g/mol. The van der Waals surface area contributed by atoms with Crippen molar-refractivity contribution in [3.63, 3.8) is 0 Å². The van der Waals surface area contributed by atoms with Crippen LogP contribution in [0.2, 0.25) is 0 Å². The topological polar surface area (TPSA) is 85.5 Å². The van der Waals surface area contributed by atoms with E-state index in [1.54, 1.807) is 16.2 Å². The lowest BCUT2D eigenvalue weighted by atomic mass is 10.1. The SMILES string of the molecule is Cc1nc(-c2ccc3c(c2)N(CCC(N)=O)C(=O)CO3)cs1. The zero-order chi connectivity index (χ0) is 15.7. The zero-order valence-corrected chi connectivity index (χ0v) is 12.9. The van der Waals surface area contributed by atoms with Crippen molar-refractivity contribution in [2.45, 2.75) is 13.3 Å². The van der Waals surface area contributed by atoms with Gasteiger partial charge in [0.2, 0.25) is 5.91 Å². The summed E-state index contributed by atoms with van der Waals surface area (Å²) in [4.78, 5) is 29.0. The van der Waals surface area contributed by atoms with Gasteiger partial charge in [-0.05, 0) is 25.1 Å². The maximum Gasteiger partial charge on any atom is 0.265 e. The van der Waals surface area contributed by atoms with Crippen molar-refractivity contribution in [2.75, 3.05) is 18.1 Å². The fraction of sp³-hybridized carbons (Fsp3) is 0.267. The van der Waals surface area contributed by atoms with E-state index in [0.29, 0.717) is 11.4 Å². The number of thiazole rings is 1. The van der Waals surface area contributed by atoms with E-state index >= 15 is 0 Å². The van der Waals surface area contributed by atoms with Crippen molar-refractivity contribution < 1.29 is 14.3 Å². The highest BCUT2D eigenvalue weighted by atomic mass is 32.1. The van der Waals surface area contributed by atoms with E-state index in [2.05, 4.69) is 4.98 Å². The van der Waals surface area contributed by atoms with Crippen LogP contribution in [0.5, 0.6) is 5.75 Å². The molecule has 3 rings (SSSR count). The second-order valence-electron chi connectivity index (χ2n) is 4.98. The highest BCUT2D eigenvalue weighted by molar-refractivity contribution is 7.09. The Morgan fingerprint density at radius 3 is 3.00 bits per heavy atom. The summed E-state index contributed by atoms with van der Waals surface area (Å²) in [7, 11) is 0. The number of aromatic nitrogens is 1. The molecule has 114 valence electrons. The Hall–Kier alpha value is -2.41. The minimum absolute atomic E-state index is 0.0269. The summed E-state index contributed by atoms with van der Waals surface area (Å²) in [5, 5.41) is 2.95. The summed E-state index contributed by atoms with van der Waals surface area (Å²) in [6.07, 6.45) is 0.116. The quantitative estimate of drug-likeness (QED) is 0.930. The molecule has 0 radical (unpaired) electrons. The Balaban J connectivity index is 1.97. The number of hydrogen-bond donors (Lipinski definition) is 1. The van der Waals surface area contributed by atoms with Crippen LogP contribution in [0.4, 0.5) is 5.69 Å². The molecule has 6 nitrogen and oxygen atoms in total. The molecule has 1 aliphatic rings. The smallest absolute Gasteiger partial charge is 0.265 e. The molecule has 2 aromatic rings. The van der Waals surface area contributed by atoms with Gasteiger partial charge in [0.15, 0.2) is 6.61 Å². The molecule has 0 atom stereocenters. The Morgan fingerprint density at radius 1 is 1.50 bits per heavy atom. The van der Waals surface area contributed by atoms with Gasteiger partial charge < -0.3 is 15.4 Å². The first-order chi connectivity index (χ1) is 10.5. The maximum absolute atomic E-state index is 12.1. The lowest BCUT2D eigenvalue weighted by Gasteiger charge is -2.29. The average molecular weight is 317 g/mol. The number of aryl methyl sites for hydroxylation is 1. The number of amides is 2. The van der Waals surface area contributed by atoms with Crippen LogP contribution in [0.1, 0.15) is 11.4 Å². The normalized spacial score (nSPS) is 13.7. The number of nitrogens with two attached hydrogens (primary N) is 1. The van der Waals surface area contributed by atoms with E-state index in [-0.39, 0.29) is 25.5 Å². The lowest BCUT2D eigenvalue weighted by molar-refractivity contribution is -0.121. The standard InChI is InChI=1S/C15H15N3O3S/c1-9-17-11(8-22-9)10-2-3-13-12(6-10)18(5-4-14(16)19)15(20)7-21-13/h2-3,6,8H,4-5,7H2,1H3,(H2,16,19). The van der Waals surface area contributed by atoms with E-state index in [1.807, 2.05) is 30.5 Å². The molecule has 2 heterocycles. The van der Waals surface area contributed by atoms with Crippen LogP contribution in [-0.2, 0) is 9.59 Å². The van der Waals surface area contributed by atoms with E-state index in [4.69, 9.17) is 10.5 Å². The third kappa shape index (κ3) is 2.80. The number of carbonyl (C=O) groups excluding carboxylic acids is 2. The third-order valence-electron chi connectivity index (χ3n) is 3.40. The first-order valence-corrected chi connectivity index (χ1v) is 7.70. The first-order valence-electron chi connectivity index (χ1n) is 6.82. The van der Waals surface area contributed by atoms with E-state index in [1.165, 1.54) is 0 Å². The van der Waals surface area contributed by atoms with Crippen molar-refractivity contribution in [1.29, 1.82) is 0 Å². The summed E-state index contributed by atoms with van der Waals surface area (Å²) >= 11 is 1.57. The highest BCUT2D eigenvalue weighted by Crippen LogP contribution is 2.36. The van der Waals surface area contributed by atoms with Crippen molar-refractivity contribution >= 4 is 28.8 Å². The molecule has 0 unspecified atom stereocenters. The number of rotatable bonds is 4. The van der Waals surface area contributed by atoms with Gasteiger partial charge in [-0.2, -0.15) is 0 Å². The number of carbonyl (C=O) groups is 2. The number of fused-ring (bicyclic) bond motifs is 1. The highest BCUT2D eigenvalue weighted by Gasteiger charge is 2.26. The second kappa shape index (κ2) is 5.76. The van der Waals surface area contributed by atoms with Gasteiger partial charge in [-0.3, -0.25) is 9.59 Å². The van der Waals surface area contributed by atoms with E-state index in [9.17, 15) is 9.59 Å². The number of primary amides is 1. The molecule has 1 aromatic heterocycles. The van der Waals surface area contributed by atoms with Crippen LogP contribution in [-0.4, -0.2) is 29.9 Å². The molecule has 2 N–H and O–H groups in total. The lowest BCUT2D eigenvalue weighted by Crippen LogP contribution is -2.40. The van der Waals surface area contributed by atoms with Gasteiger partial charge in [0.25, 0.3) is 5.91 Å². The van der Waals surface area contributed by atoms with Crippen LogP contribution >= 0.6 is 11.3 Å². The zero-order valence-electron chi connectivity index (χ0n) is 12.0. The average Bonchev–Trinajstić information content (AvgIpc) is 2.92. The van der Waals surface area contributed by atoms with Gasteiger partial charge in [-0.15, -0.1) is 11.3 Å². The van der Waals surface area contributed by atoms with Crippen LogP contribution in [0.3, 0.4) is 0 Å². The third-order valence-corrected chi connectivity index (χ3v) is 4.17. The first kappa shape index (κ1) is 14.5.